The number of amidine groups is 1. The van der Waals surface area contributed by atoms with Crippen LogP contribution in [0.25, 0.3) is 0 Å². The molecule has 0 saturated heterocycles. The molecule has 0 unspecified atom stereocenters. The largest absolute Gasteiger partial charge is 1.00 e. The average molecular weight is 265 g/mol. The Morgan fingerprint density at radius 1 is 1.38 bits per heavy atom. The van der Waals surface area contributed by atoms with Crippen molar-refractivity contribution in [2.45, 2.75) is 4.90 Å². The van der Waals surface area contributed by atoms with Gasteiger partial charge in [-0.2, -0.15) is 0 Å². The molecule has 0 fully saturated rings. The Kier molecular flexibility index (Phi) is 4.64. The summed E-state index contributed by atoms with van der Waals surface area (Å²) in [6.45, 7) is 0. The predicted molar refractivity (Wildman–Crippen MR) is 46.7 cm³/mol. The number of hydrogen-bond acceptors (Lipinski definition) is 3. The molecule has 1 aromatic carbocycles. The van der Waals surface area contributed by atoms with Gasteiger partial charge in [-0.05, 0) is 12.1 Å². The third-order valence-corrected chi connectivity index (χ3v) is 1.97. The summed E-state index contributed by atoms with van der Waals surface area (Å²) in [4.78, 5) is 0.521. The van der Waals surface area contributed by atoms with Gasteiger partial charge < -0.3 is 27.2 Å². The van der Waals surface area contributed by atoms with Crippen LogP contribution in [0.5, 0.6) is 11.5 Å². The number of aromatic hydroxyl groups is 2. The molecule has 0 amide bonds. The molecule has 0 saturated carbocycles. The van der Waals surface area contributed by atoms with Gasteiger partial charge in [-0.15, -0.1) is 0 Å². The maximum Gasteiger partial charge on any atom is 0.304 e. The van der Waals surface area contributed by atoms with E-state index in [1.807, 2.05) is 0 Å². The maximum atomic E-state index is 9.23. The zero-order valence-corrected chi connectivity index (χ0v) is 8.97. The molecule has 0 aliphatic rings. The van der Waals surface area contributed by atoms with E-state index >= 15 is 0 Å². The number of benzene rings is 1. The third kappa shape index (κ3) is 3.56. The van der Waals surface area contributed by atoms with Crippen molar-refractivity contribution in [3.8, 4) is 11.5 Å². The molecule has 0 bridgehead atoms. The molecular weight excluding hydrogens is 256 g/mol. The van der Waals surface area contributed by atoms with E-state index in [0.29, 0.717) is 4.90 Å². The summed E-state index contributed by atoms with van der Waals surface area (Å²) < 4.78 is 0. The molecule has 4 nitrogen and oxygen atoms in total. The molecular formula is C7H9BrN2O2S. The first kappa shape index (κ1) is 12.1. The quantitative estimate of drug-likeness (QED) is 0.239. The van der Waals surface area contributed by atoms with Crippen LogP contribution in [0.4, 0.5) is 0 Å². The third-order valence-electron chi connectivity index (χ3n) is 1.17. The summed E-state index contributed by atoms with van der Waals surface area (Å²) in [6.07, 6.45) is 0. The van der Waals surface area contributed by atoms with Crippen molar-refractivity contribution in [2.75, 3.05) is 0 Å². The standard InChI is InChI=1S/C7H8N2O2S.BrH/c8-7(9)12-6-2-1-4(10)3-5(6)11;/h1-3,10-11H,(H3,8,9);1H. The molecule has 0 atom stereocenters. The first-order valence-electron chi connectivity index (χ1n) is 3.17. The minimum Gasteiger partial charge on any atom is -1.00 e. The van der Waals surface area contributed by atoms with E-state index in [9.17, 15) is 5.11 Å². The minimum absolute atomic E-state index is 0. The van der Waals surface area contributed by atoms with Gasteiger partial charge in [0.25, 0.3) is 0 Å². The second kappa shape index (κ2) is 4.98. The smallest absolute Gasteiger partial charge is 0.304 e. The number of nitrogens with two attached hydrogens (primary N) is 2. The first-order chi connectivity index (χ1) is 5.59. The topological polar surface area (TPSA) is 92.1 Å². The second-order valence-electron chi connectivity index (χ2n) is 2.16. The predicted octanol–water partition coefficient (Wildman–Crippen LogP) is -3.73. The Morgan fingerprint density at radius 3 is 2.46 bits per heavy atom. The van der Waals surface area contributed by atoms with Gasteiger partial charge in [0.2, 0.25) is 0 Å². The molecule has 0 heterocycles. The van der Waals surface area contributed by atoms with Crippen molar-refractivity contribution in [3.63, 3.8) is 0 Å². The summed E-state index contributed by atoms with van der Waals surface area (Å²) in [5.41, 5.74) is 5.22. The summed E-state index contributed by atoms with van der Waals surface area (Å²) >= 11 is 1.04. The number of phenols is 2. The normalized spacial score (nSPS) is 8.92. The van der Waals surface area contributed by atoms with Crippen molar-refractivity contribution in [2.24, 2.45) is 5.73 Å². The van der Waals surface area contributed by atoms with Gasteiger partial charge in [0.15, 0.2) is 0 Å². The van der Waals surface area contributed by atoms with Gasteiger partial charge in [-0.3, -0.25) is 11.1 Å². The molecule has 6 N–H and O–H groups in total. The van der Waals surface area contributed by atoms with Crippen LogP contribution < -0.4 is 28.1 Å². The Morgan fingerprint density at radius 2 is 2.00 bits per heavy atom. The van der Waals surface area contributed by atoms with Gasteiger partial charge in [0, 0.05) is 17.8 Å². The molecule has 6 heteroatoms. The van der Waals surface area contributed by atoms with Gasteiger partial charge in [0.05, 0.1) is 4.90 Å². The van der Waals surface area contributed by atoms with Crippen molar-refractivity contribution < 1.29 is 32.6 Å². The van der Waals surface area contributed by atoms with Crippen LogP contribution in [0.15, 0.2) is 23.1 Å². The molecule has 0 aromatic heterocycles. The van der Waals surface area contributed by atoms with Crippen LogP contribution in [-0.2, 0) is 0 Å². The van der Waals surface area contributed by atoms with Gasteiger partial charge >= 0.3 is 5.17 Å². The van der Waals surface area contributed by atoms with Crippen LogP contribution in [0.1, 0.15) is 0 Å². The van der Waals surface area contributed by atoms with Gasteiger partial charge in [0.1, 0.15) is 11.5 Å². The van der Waals surface area contributed by atoms with E-state index in [-0.39, 0.29) is 33.6 Å². The maximum absolute atomic E-state index is 9.23. The van der Waals surface area contributed by atoms with E-state index in [0.717, 1.165) is 11.8 Å². The highest BCUT2D eigenvalue weighted by Gasteiger charge is 2.06. The van der Waals surface area contributed by atoms with Crippen molar-refractivity contribution in [3.05, 3.63) is 18.2 Å². The number of rotatable bonds is 1. The van der Waals surface area contributed by atoms with Crippen molar-refractivity contribution in [1.82, 2.24) is 0 Å². The molecule has 13 heavy (non-hydrogen) atoms. The van der Waals surface area contributed by atoms with Gasteiger partial charge in [-0.25, -0.2) is 0 Å². The Labute approximate surface area is 90.0 Å². The van der Waals surface area contributed by atoms with Crippen LogP contribution in [-0.4, -0.2) is 15.4 Å². The van der Waals surface area contributed by atoms with Crippen LogP contribution in [0.2, 0.25) is 0 Å². The molecule has 0 aliphatic heterocycles. The lowest BCUT2D eigenvalue weighted by Crippen LogP contribution is -3.00. The van der Waals surface area contributed by atoms with E-state index in [2.05, 4.69) is 0 Å². The van der Waals surface area contributed by atoms with Crippen LogP contribution in [0, 0.1) is 0 Å². The molecule has 0 spiro atoms. The lowest BCUT2D eigenvalue weighted by molar-refractivity contribution is -0.110. The van der Waals surface area contributed by atoms with E-state index in [1.54, 1.807) is 0 Å². The number of halogens is 1. The summed E-state index contributed by atoms with van der Waals surface area (Å²) in [7, 11) is 0. The van der Waals surface area contributed by atoms with E-state index in [4.69, 9.17) is 16.2 Å². The summed E-state index contributed by atoms with van der Waals surface area (Å²) in [6, 6.07) is 4.21. The molecule has 1 aromatic rings. The summed E-state index contributed by atoms with van der Waals surface area (Å²) in [5, 5.41) is 23.5. The zero-order chi connectivity index (χ0) is 9.14. The van der Waals surface area contributed by atoms with Crippen molar-refractivity contribution in [1.29, 1.82) is 0 Å². The molecule has 0 aliphatic carbocycles. The monoisotopic (exact) mass is 264 g/mol. The fourth-order valence-corrected chi connectivity index (χ4v) is 1.27. The van der Waals surface area contributed by atoms with Crippen molar-refractivity contribution >= 4 is 16.9 Å². The van der Waals surface area contributed by atoms with Crippen LogP contribution >= 0.6 is 11.8 Å². The highest BCUT2D eigenvalue weighted by Crippen LogP contribution is 2.30. The number of phenolic OH excluding ortho intramolecular Hbond substituents is 2. The lowest BCUT2D eigenvalue weighted by atomic mass is 10.3. The zero-order valence-electron chi connectivity index (χ0n) is 6.57. The minimum atomic E-state index is -0.0339. The van der Waals surface area contributed by atoms with Gasteiger partial charge in [-0.1, -0.05) is 0 Å². The second-order valence-corrected chi connectivity index (χ2v) is 3.27. The Bertz CT molecular complexity index is 319. The average Bonchev–Trinajstić information content (AvgIpc) is 1.94. The Balaban J connectivity index is 0.00000144. The fraction of sp³-hybridized carbons (Fsp3) is 0. The lowest BCUT2D eigenvalue weighted by Gasteiger charge is -1.99. The van der Waals surface area contributed by atoms with E-state index in [1.165, 1.54) is 18.2 Å². The molecule has 1 rings (SSSR count). The molecule has 0 radical (unpaired) electrons. The molecule has 72 valence electrons. The number of hydrogen-bond donors (Lipinski definition) is 4. The fourth-order valence-electron chi connectivity index (χ4n) is 0.719. The van der Waals surface area contributed by atoms with E-state index < -0.39 is 0 Å². The van der Waals surface area contributed by atoms with Crippen LogP contribution in [0.3, 0.4) is 0 Å². The Hall–Kier alpha value is -0.880. The number of thioether (sulfide) groups is 1. The first-order valence-corrected chi connectivity index (χ1v) is 3.99. The highest BCUT2D eigenvalue weighted by molar-refractivity contribution is 8.13. The summed E-state index contributed by atoms with van der Waals surface area (Å²) in [5.74, 6) is -0.0270. The highest BCUT2D eigenvalue weighted by atomic mass is 79.9. The SMILES string of the molecule is NC(=[NH2+])Sc1ccc(O)cc1O.[Br-].